The Morgan fingerprint density at radius 2 is 1.94 bits per heavy atom. The predicted molar refractivity (Wildman–Crippen MR) is 138 cm³/mol. The maximum atomic E-state index is 12.4. The number of hydrogen-bond acceptors (Lipinski definition) is 6. The van der Waals surface area contributed by atoms with E-state index in [4.69, 9.17) is 21.1 Å². The lowest BCUT2D eigenvalue weighted by molar-refractivity contribution is -0.139. The van der Waals surface area contributed by atoms with Crippen LogP contribution in [0.3, 0.4) is 0 Å². The van der Waals surface area contributed by atoms with Gasteiger partial charge in [0.2, 0.25) is 0 Å². The highest BCUT2D eigenvalue weighted by Gasteiger charge is 2.26. The summed E-state index contributed by atoms with van der Waals surface area (Å²) in [5, 5.41) is 9.73. The number of hydrazone groups is 1. The molecule has 1 aliphatic rings. The van der Waals surface area contributed by atoms with E-state index < -0.39 is 11.8 Å². The average molecular weight is 599 g/mol. The van der Waals surface area contributed by atoms with Gasteiger partial charge in [-0.25, -0.2) is 5.43 Å². The van der Waals surface area contributed by atoms with Gasteiger partial charge in [-0.3, -0.25) is 14.4 Å². The Kier molecular flexibility index (Phi) is 9.11. The van der Waals surface area contributed by atoms with Crippen molar-refractivity contribution in [3.8, 4) is 11.5 Å². The van der Waals surface area contributed by atoms with Crippen molar-refractivity contribution in [3.63, 3.8) is 0 Å². The van der Waals surface area contributed by atoms with E-state index in [1.54, 1.807) is 24.3 Å². The summed E-state index contributed by atoms with van der Waals surface area (Å²) in [6.07, 6.45) is 3.17. The van der Waals surface area contributed by atoms with Crippen LogP contribution in [0.1, 0.15) is 30.9 Å². The summed E-state index contributed by atoms with van der Waals surface area (Å²) in [7, 11) is 0. The normalized spacial score (nSPS) is 12.8. The average Bonchev–Trinajstić information content (AvgIpc) is 3.60. The number of carbonyl (C=O) groups is 3. The Hall–Kier alpha value is -2.86. The summed E-state index contributed by atoms with van der Waals surface area (Å²) in [6.45, 7) is 3.83. The molecule has 11 heteroatoms. The molecule has 0 heterocycles. The first kappa shape index (κ1) is 25.8. The van der Waals surface area contributed by atoms with E-state index in [-0.39, 0.29) is 18.6 Å². The molecular formula is C23H24ClIN4O5. The van der Waals surface area contributed by atoms with Gasteiger partial charge in [0.15, 0.2) is 18.1 Å². The molecule has 0 atom stereocenters. The van der Waals surface area contributed by atoms with Crippen molar-refractivity contribution >= 4 is 63.8 Å². The molecule has 180 valence electrons. The fourth-order valence-electron chi connectivity index (χ4n) is 2.81. The van der Waals surface area contributed by atoms with Gasteiger partial charge in [0.25, 0.3) is 5.91 Å². The molecule has 1 aliphatic carbocycles. The topological polar surface area (TPSA) is 118 Å². The number of nitrogens with zero attached hydrogens (tertiary/aromatic N) is 1. The first-order valence-electron chi connectivity index (χ1n) is 10.6. The van der Waals surface area contributed by atoms with Gasteiger partial charge in [0.1, 0.15) is 0 Å². The summed E-state index contributed by atoms with van der Waals surface area (Å²) < 4.78 is 12.1. The van der Waals surface area contributed by atoms with E-state index in [9.17, 15) is 14.4 Å². The van der Waals surface area contributed by atoms with Crippen LogP contribution in [-0.4, -0.2) is 43.2 Å². The second kappa shape index (κ2) is 12.0. The first-order valence-corrected chi connectivity index (χ1v) is 12.0. The summed E-state index contributed by atoms with van der Waals surface area (Å²) in [4.78, 5) is 35.9. The lowest BCUT2D eigenvalue weighted by Gasteiger charge is -2.15. The predicted octanol–water partition coefficient (Wildman–Crippen LogP) is 3.40. The van der Waals surface area contributed by atoms with Gasteiger partial charge in [0.05, 0.1) is 16.4 Å². The molecule has 2 aromatic carbocycles. The minimum atomic E-state index is -0.830. The maximum Gasteiger partial charge on any atom is 0.329 e. The number of benzene rings is 2. The molecule has 2 aromatic rings. The third-order valence-electron chi connectivity index (χ3n) is 4.65. The number of anilines is 1. The van der Waals surface area contributed by atoms with E-state index in [1.165, 1.54) is 6.21 Å². The van der Waals surface area contributed by atoms with Crippen LogP contribution in [0.2, 0.25) is 5.02 Å². The quantitative estimate of drug-likeness (QED) is 0.177. The van der Waals surface area contributed by atoms with Gasteiger partial charge in [-0.1, -0.05) is 17.7 Å². The van der Waals surface area contributed by atoms with Gasteiger partial charge in [-0.2, -0.15) is 5.10 Å². The van der Waals surface area contributed by atoms with Crippen molar-refractivity contribution in [3.05, 3.63) is 50.1 Å². The number of aryl methyl sites for hydroxylation is 1. The fourth-order valence-corrected chi connectivity index (χ4v) is 3.77. The lowest BCUT2D eigenvalue weighted by Crippen LogP contribution is -2.38. The maximum absolute atomic E-state index is 12.4. The lowest BCUT2D eigenvalue weighted by atomic mass is 10.2. The van der Waals surface area contributed by atoms with Crippen molar-refractivity contribution in [1.29, 1.82) is 0 Å². The number of amides is 3. The van der Waals surface area contributed by atoms with E-state index in [0.29, 0.717) is 37.9 Å². The molecule has 0 radical (unpaired) electrons. The van der Waals surface area contributed by atoms with Crippen molar-refractivity contribution in [2.24, 2.45) is 5.10 Å². The number of hydrogen-bond donors (Lipinski definition) is 3. The fraction of sp³-hybridized carbons (Fsp3) is 0.304. The van der Waals surface area contributed by atoms with Crippen molar-refractivity contribution < 1.29 is 23.9 Å². The van der Waals surface area contributed by atoms with Crippen LogP contribution in [0.5, 0.6) is 11.5 Å². The Morgan fingerprint density at radius 1 is 1.18 bits per heavy atom. The summed E-state index contributed by atoms with van der Waals surface area (Å²) in [5.74, 6) is -1.06. The highest BCUT2D eigenvalue weighted by molar-refractivity contribution is 14.1. The van der Waals surface area contributed by atoms with Crippen molar-refractivity contribution in [2.75, 3.05) is 18.5 Å². The molecule has 1 fully saturated rings. The highest BCUT2D eigenvalue weighted by atomic mass is 127. The number of halogens is 2. The summed E-state index contributed by atoms with van der Waals surface area (Å²) in [5.41, 5.74) is 4.31. The molecule has 0 aromatic heterocycles. The van der Waals surface area contributed by atoms with Crippen molar-refractivity contribution in [2.45, 2.75) is 32.7 Å². The second-order valence-electron chi connectivity index (χ2n) is 7.51. The van der Waals surface area contributed by atoms with E-state index in [1.807, 2.05) is 19.9 Å². The molecule has 0 spiro atoms. The van der Waals surface area contributed by atoms with Gasteiger partial charge < -0.3 is 20.1 Å². The molecule has 3 amide bonds. The molecule has 34 heavy (non-hydrogen) atoms. The zero-order valence-corrected chi connectivity index (χ0v) is 21.5. The number of ether oxygens (including phenoxy) is 2. The Balaban J connectivity index is 1.63. The van der Waals surface area contributed by atoms with Crippen LogP contribution in [0.4, 0.5) is 5.69 Å². The van der Waals surface area contributed by atoms with E-state index in [0.717, 1.165) is 18.4 Å². The van der Waals surface area contributed by atoms with Gasteiger partial charge >= 0.3 is 11.8 Å². The number of carbonyl (C=O) groups excluding carboxylic acids is 3. The molecule has 0 aliphatic heterocycles. The van der Waals surface area contributed by atoms with Crippen molar-refractivity contribution in [1.82, 2.24) is 10.7 Å². The van der Waals surface area contributed by atoms with Crippen LogP contribution in [-0.2, 0) is 14.4 Å². The molecule has 3 rings (SSSR count). The Labute approximate surface area is 215 Å². The molecule has 1 saturated carbocycles. The zero-order valence-electron chi connectivity index (χ0n) is 18.6. The Morgan fingerprint density at radius 3 is 2.65 bits per heavy atom. The number of rotatable bonds is 9. The monoisotopic (exact) mass is 598 g/mol. The zero-order chi connectivity index (χ0) is 24.7. The third kappa shape index (κ3) is 7.59. The van der Waals surface area contributed by atoms with Crippen LogP contribution >= 0.6 is 34.2 Å². The molecule has 9 nitrogen and oxygen atoms in total. The first-order chi connectivity index (χ1) is 16.3. The van der Waals surface area contributed by atoms with E-state index in [2.05, 4.69) is 43.8 Å². The van der Waals surface area contributed by atoms with E-state index >= 15 is 0 Å². The van der Waals surface area contributed by atoms with Crippen LogP contribution in [0, 0.1) is 10.5 Å². The van der Waals surface area contributed by atoms with Crippen LogP contribution in [0.25, 0.3) is 0 Å². The SMILES string of the molecule is CCOc1cc(/C=N\NC(=O)C(=O)NC2CC2)cc(I)c1OCC(=O)Nc1cc(Cl)ccc1C. The standard InChI is InChI=1S/C23H24ClIN4O5/c1-3-33-19-9-14(11-26-29-23(32)22(31)27-16-6-7-16)8-17(25)21(19)34-12-20(30)28-18-10-15(24)5-4-13(18)2/h4-5,8-11,16H,3,6-7,12H2,1-2H3,(H,27,31)(H,28,30)(H,29,32)/b26-11-. The summed E-state index contributed by atoms with van der Waals surface area (Å²) >= 11 is 8.06. The molecule has 3 N–H and O–H groups in total. The van der Waals surface area contributed by atoms with Gasteiger partial charge in [-0.15, -0.1) is 0 Å². The van der Waals surface area contributed by atoms with Gasteiger partial charge in [-0.05, 0) is 84.7 Å². The minimum absolute atomic E-state index is 0.0849. The summed E-state index contributed by atoms with van der Waals surface area (Å²) in [6, 6.07) is 8.74. The second-order valence-corrected chi connectivity index (χ2v) is 9.10. The molecule has 0 saturated heterocycles. The smallest absolute Gasteiger partial charge is 0.329 e. The third-order valence-corrected chi connectivity index (χ3v) is 5.69. The highest BCUT2D eigenvalue weighted by Crippen LogP contribution is 2.34. The van der Waals surface area contributed by atoms with Gasteiger partial charge in [0, 0.05) is 16.8 Å². The van der Waals surface area contributed by atoms with Crippen LogP contribution in [0.15, 0.2) is 35.4 Å². The largest absolute Gasteiger partial charge is 0.490 e. The molecule has 0 unspecified atom stereocenters. The molecule has 0 bridgehead atoms. The van der Waals surface area contributed by atoms with Crippen LogP contribution < -0.4 is 25.5 Å². The number of nitrogens with one attached hydrogen (secondary N) is 3. The minimum Gasteiger partial charge on any atom is -0.490 e. The Bertz CT molecular complexity index is 1120. The molecular weight excluding hydrogens is 575 g/mol.